The van der Waals surface area contributed by atoms with Crippen molar-refractivity contribution in [3.8, 4) is 16.9 Å². The summed E-state index contributed by atoms with van der Waals surface area (Å²) in [7, 11) is 0. The van der Waals surface area contributed by atoms with Crippen molar-refractivity contribution in [1.82, 2.24) is 24.3 Å². The van der Waals surface area contributed by atoms with Crippen LogP contribution in [0.15, 0.2) is 36.1 Å². The number of nitrogens with one attached hydrogen (secondary N) is 1. The smallest absolute Gasteiger partial charge is 0.188 e. The fourth-order valence-corrected chi connectivity index (χ4v) is 4.55. The molecule has 4 aromatic rings. The van der Waals surface area contributed by atoms with Crippen molar-refractivity contribution < 1.29 is 9.50 Å². The summed E-state index contributed by atoms with van der Waals surface area (Å²) in [6.07, 6.45) is 6.43. The summed E-state index contributed by atoms with van der Waals surface area (Å²) in [6.45, 7) is 2.34. The van der Waals surface area contributed by atoms with Gasteiger partial charge in [-0.3, -0.25) is 0 Å². The predicted octanol–water partition coefficient (Wildman–Crippen LogP) is 3.86. The van der Waals surface area contributed by atoms with Crippen LogP contribution in [0.4, 0.5) is 15.3 Å². The number of hydrogen-bond donors (Lipinski definition) is 2. The Labute approximate surface area is 176 Å². The molecule has 0 bridgehead atoms. The lowest BCUT2D eigenvalue weighted by Crippen LogP contribution is -2.09. The lowest BCUT2D eigenvalue weighted by Gasteiger charge is -2.08. The summed E-state index contributed by atoms with van der Waals surface area (Å²) in [5.74, 6) is 0.570. The Morgan fingerprint density at radius 1 is 1.30 bits per heavy atom. The molecule has 0 saturated heterocycles. The summed E-state index contributed by atoms with van der Waals surface area (Å²) in [4.78, 5) is 8.80. The molecule has 0 aliphatic heterocycles. The number of hydrogen-bond acceptors (Lipinski definition) is 6. The minimum atomic E-state index is -0.328. The van der Waals surface area contributed by atoms with Crippen molar-refractivity contribution >= 4 is 22.3 Å². The van der Waals surface area contributed by atoms with Crippen molar-refractivity contribution in [2.24, 2.45) is 0 Å². The fourth-order valence-electron chi connectivity index (χ4n) is 3.83. The van der Waals surface area contributed by atoms with E-state index < -0.39 is 0 Å². The first kappa shape index (κ1) is 19.0. The zero-order valence-corrected chi connectivity index (χ0v) is 17.3. The molecule has 7 nitrogen and oxygen atoms in total. The van der Waals surface area contributed by atoms with Crippen molar-refractivity contribution in [3.05, 3.63) is 58.9 Å². The molecule has 9 heteroatoms. The Kier molecular flexibility index (Phi) is 4.84. The highest BCUT2D eigenvalue weighted by molar-refractivity contribution is 7.14. The van der Waals surface area contributed by atoms with Crippen molar-refractivity contribution in [2.45, 2.75) is 32.7 Å². The van der Waals surface area contributed by atoms with Gasteiger partial charge < -0.3 is 15.0 Å². The van der Waals surface area contributed by atoms with Crippen LogP contribution in [0.1, 0.15) is 23.4 Å². The van der Waals surface area contributed by atoms with Crippen LogP contribution in [0.2, 0.25) is 0 Å². The summed E-state index contributed by atoms with van der Waals surface area (Å²) >= 11 is 1.46. The topological polar surface area (TPSA) is 80.8 Å². The van der Waals surface area contributed by atoms with E-state index in [4.69, 9.17) is 0 Å². The SMILES string of the molecule is Cc1cn(-c2ccc(-c3csc(Nc4c5c(nn4CCO)CCC5)n3)cc2F)cn1. The first-order valence-electron chi connectivity index (χ1n) is 9.85. The molecule has 2 N–H and O–H groups in total. The molecule has 5 rings (SSSR count). The Morgan fingerprint density at radius 2 is 2.20 bits per heavy atom. The second-order valence-electron chi connectivity index (χ2n) is 7.33. The van der Waals surface area contributed by atoms with Gasteiger partial charge in [0.05, 0.1) is 42.2 Å². The lowest BCUT2D eigenvalue weighted by atomic mass is 10.1. The number of aryl methyl sites for hydroxylation is 2. The summed E-state index contributed by atoms with van der Waals surface area (Å²) in [6, 6.07) is 5.10. The standard InChI is InChI=1S/C21H21FN6OS/c1-13-10-27(12-23-13)19-6-5-14(9-16(19)22)18-11-30-21(24-18)25-20-15-3-2-4-17(15)26-28(20)7-8-29/h5-6,9-12,29H,2-4,7-8H2,1H3,(H,24,25). The van der Waals surface area contributed by atoms with Gasteiger partial charge in [0.2, 0.25) is 0 Å². The van der Waals surface area contributed by atoms with E-state index in [-0.39, 0.29) is 12.4 Å². The third-order valence-corrected chi connectivity index (χ3v) is 6.01. The Hall–Kier alpha value is -3.04. The normalized spacial score (nSPS) is 13.0. The maximum absolute atomic E-state index is 14.7. The van der Waals surface area contributed by atoms with E-state index >= 15 is 0 Å². The monoisotopic (exact) mass is 424 g/mol. The maximum Gasteiger partial charge on any atom is 0.188 e. The molecule has 0 saturated carbocycles. The van der Waals surface area contributed by atoms with Crippen molar-refractivity contribution in [3.63, 3.8) is 0 Å². The Balaban J connectivity index is 1.41. The number of nitrogens with zero attached hydrogens (tertiary/aromatic N) is 5. The van der Waals surface area contributed by atoms with Crippen LogP contribution in [-0.2, 0) is 19.4 Å². The molecule has 3 heterocycles. The number of aromatic nitrogens is 5. The van der Waals surface area contributed by atoms with Crippen LogP contribution in [0.3, 0.4) is 0 Å². The van der Waals surface area contributed by atoms with Gasteiger partial charge in [-0.05, 0) is 38.3 Å². The van der Waals surface area contributed by atoms with Crippen LogP contribution in [0.25, 0.3) is 16.9 Å². The molecule has 154 valence electrons. The summed E-state index contributed by atoms with van der Waals surface area (Å²) in [5.41, 5.74) is 5.00. The number of fused-ring (bicyclic) bond motifs is 1. The molecule has 1 aromatic carbocycles. The van der Waals surface area contributed by atoms with Crippen molar-refractivity contribution in [2.75, 3.05) is 11.9 Å². The van der Waals surface area contributed by atoms with Gasteiger partial charge in [-0.2, -0.15) is 5.10 Å². The number of thiazole rings is 1. The van der Waals surface area contributed by atoms with Gasteiger partial charge in [0.1, 0.15) is 11.6 Å². The van der Waals surface area contributed by atoms with E-state index in [0.29, 0.717) is 28.6 Å². The van der Waals surface area contributed by atoms with E-state index in [1.807, 2.05) is 23.1 Å². The fraction of sp³-hybridized carbons (Fsp3) is 0.286. The molecule has 0 amide bonds. The summed E-state index contributed by atoms with van der Waals surface area (Å²) < 4.78 is 18.2. The van der Waals surface area contributed by atoms with Crippen molar-refractivity contribution in [1.29, 1.82) is 0 Å². The molecule has 3 aromatic heterocycles. The Morgan fingerprint density at radius 3 is 2.97 bits per heavy atom. The van der Waals surface area contributed by atoms with E-state index in [0.717, 1.165) is 36.5 Å². The second-order valence-corrected chi connectivity index (χ2v) is 8.18. The van der Waals surface area contributed by atoms with E-state index in [1.54, 1.807) is 23.2 Å². The van der Waals surface area contributed by atoms with Gasteiger partial charge in [-0.1, -0.05) is 6.07 Å². The second kappa shape index (κ2) is 7.66. The molecule has 30 heavy (non-hydrogen) atoms. The van der Waals surface area contributed by atoms with Crippen LogP contribution in [0.5, 0.6) is 0 Å². The van der Waals surface area contributed by atoms with Gasteiger partial charge in [0.15, 0.2) is 5.13 Å². The van der Waals surface area contributed by atoms with E-state index in [2.05, 4.69) is 20.4 Å². The average Bonchev–Trinajstić information content (AvgIpc) is 3.49. The number of imidazole rings is 1. The van der Waals surface area contributed by atoms with Crippen LogP contribution >= 0.6 is 11.3 Å². The molecular formula is C21H21FN6OS. The maximum atomic E-state index is 14.7. The third kappa shape index (κ3) is 3.40. The summed E-state index contributed by atoms with van der Waals surface area (Å²) in [5, 5.41) is 19.9. The van der Waals surface area contributed by atoms with E-state index in [1.165, 1.54) is 23.0 Å². The molecule has 1 aliphatic carbocycles. The van der Waals surface area contributed by atoms with Gasteiger partial charge in [0, 0.05) is 22.7 Å². The van der Waals surface area contributed by atoms with Gasteiger partial charge in [-0.25, -0.2) is 19.0 Å². The molecule has 0 radical (unpaired) electrons. The minimum absolute atomic E-state index is 0.0282. The molecule has 0 fully saturated rings. The minimum Gasteiger partial charge on any atom is -0.394 e. The van der Waals surface area contributed by atoms with Crippen LogP contribution in [0, 0.1) is 12.7 Å². The third-order valence-electron chi connectivity index (χ3n) is 5.25. The number of benzene rings is 1. The highest BCUT2D eigenvalue weighted by Gasteiger charge is 2.23. The average molecular weight is 425 g/mol. The van der Waals surface area contributed by atoms with Crippen LogP contribution < -0.4 is 5.32 Å². The van der Waals surface area contributed by atoms with Gasteiger partial charge >= 0.3 is 0 Å². The molecular weight excluding hydrogens is 403 g/mol. The van der Waals surface area contributed by atoms with Crippen LogP contribution in [-0.4, -0.2) is 36.0 Å². The number of halogens is 1. The lowest BCUT2D eigenvalue weighted by molar-refractivity contribution is 0.270. The quantitative estimate of drug-likeness (QED) is 0.491. The predicted molar refractivity (Wildman–Crippen MR) is 114 cm³/mol. The molecule has 0 atom stereocenters. The highest BCUT2D eigenvalue weighted by Crippen LogP contribution is 2.33. The van der Waals surface area contributed by atoms with Gasteiger partial charge in [0.25, 0.3) is 0 Å². The first-order chi connectivity index (χ1) is 14.6. The Bertz CT molecular complexity index is 1210. The highest BCUT2D eigenvalue weighted by atomic mass is 32.1. The zero-order valence-electron chi connectivity index (χ0n) is 16.5. The number of aliphatic hydroxyl groups is 1. The van der Waals surface area contributed by atoms with E-state index in [9.17, 15) is 9.50 Å². The zero-order chi connectivity index (χ0) is 20.7. The first-order valence-corrected chi connectivity index (χ1v) is 10.7. The van der Waals surface area contributed by atoms with Gasteiger partial charge in [-0.15, -0.1) is 11.3 Å². The number of aliphatic hydroxyl groups excluding tert-OH is 1. The molecule has 1 aliphatic rings. The molecule has 0 unspecified atom stereocenters. The number of anilines is 2. The largest absolute Gasteiger partial charge is 0.394 e. The number of rotatable bonds is 6. The molecule has 0 spiro atoms.